The summed E-state index contributed by atoms with van der Waals surface area (Å²) in [6.45, 7) is 0.771. The van der Waals surface area contributed by atoms with E-state index in [0.29, 0.717) is 17.2 Å². The summed E-state index contributed by atoms with van der Waals surface area (Å²) in [4.78, 5) is 4.30. The summed E-state index contributed by atoms with van der Waals surface area (Å²) in [5.74, 6) is 1.22. The third kappa shape index (κ3) is 1.68. The molecule has 1 unspecified atom stereocenters. The molecule has 2 N–H and O–H groups in total. The van der Waals surface area contributed by atoms with Gasteiger partial charge in [0.15, 0.2) is 11.6 Å². The first kappa shape index (κ1) is 10.3. The number of phenolic OH excluding ortho intramolecular Hbond substituents is 1. The van der Waals surface area contributed by atoms with Gasteiger partial charge in [-0.3, -0.25) is 0 Å². The van der Waals surface area contributed by atoms with Gasteiger partial charge in [-0.05, 0) is 25.0 Å². The normalized spacial score (nSPS) is 19.0. The Morgan fingerprint density at radius 1 is 1.29 bits per heavy atom. The smallest absolute Gasteiger partial charge is 0.185 e. The molecule has 0 radical (unpaired) electrons. The Kier molecular flexibility index (Phi) is 2.33. The van der Waals surface area contributed by atoms with Crippen LogP contribution < -0.4 is 0 Å². The van der Waals surface area contributed by atoms with E-state index < -0.39 is 6.10 Å². The minimum atomic E-state index is -0.546. The number of aliphatic hydroxyl groups is 1. The van der Waals surface area contributed by atoms with Crippen molar-refractivity contribution >= 4 is 0 Å². The van der Waals surface area contributed by atoms with E-state index in [4.69, 9.17) is 0 Å². The first-order valence-corrected chi connectivity index (χ1v) is 5.67. The van der Waals surface area contributed by atoms with Crippen molar-refractivity contribution in [2.24, 2.45) is 0 Å². The molecule has 88 valence electrons. The maximum atomic E-state index is 9.81. The van der Waals surface area contributed by atoms with E-state index in [2.05, 4.69) is 10.1 Å². The second kappa shape index (κ2) is 3.85. The zero-order valence-corrected chi connectivity index (χ0v) is 9.24. The number of aryl methyl sites for hydroxylation is 1. The maximum Gasteiger partial charge on any atom is 0.185 e. The van der Waals surface area contributed by atoms with Crippen LogP contribution in [0.2, 0.25) is 0 Å². The van der Waals surface area contributed by atoms with Gasteiger partial charge in [-0.15, -0.1) is 0 Å². The first-order valence-electron chi connectivity index (χ1n) is 5.67. The molecule has 5 nitrogen and oxygen atoms in total. The van der Waals surface area contributed by atoms with Gasteiger partial charge in [-0.1, -0.05) is 12.1 Å². The number of benzene rings is 1. The summed E-state index contributed by atoms with van der Waals surface area (Å²) in [6.07, 6.45) is 1.08. The molecule has 5 heteroatoms. The molecular weight excluding hydrogens is 218 g/mol. The van der Waals surface area contributed by atoms with Crippen LogP contribution in [0.4, 0.5) is 0 Å². The lowest BCUT2D eigenvalue weighted by Gasteiger charge is -2.16. The van der Waals surface area contributed by atoms with E-state index in [1.54, 1.807) is 22.9 Å². The van der Waals surface area contributed by atoms with Crippen molar-refractivity contribution in [3.63, 3.8) is 0 Å². The number of fused-ring (bicyclic) bond motifs is 1. The summed E-state index contributed by atoms with van der Waals surface area (Å²) in [5.41, 5.74) is 0.599. The number of aliphatic hydroxyl groups excluding tert-OH is 1. The SMILES string of the molecule is Oc1ccccc1-c1nc2n(n1)CCCC2O. The molecule has 0 amide bonds. The molecule has 1 aliphatic heterocycles. The van der Waals surface area contributed by atoms with Crippen LogP contribution in [0.3, 0.4) is 0 Å². The van der Waals surface area contributed by atoms with Crippen molar-refractivity contribution in [3.05, 3.63) is 30.1 Å². The highest BCUT2D eigenvalue weighted by atomic mass is 16.3. The molecule has 0 fully saturated rings. The largest absolute Gasteiger partial charge is 0.507 e. The van der Waals surface area contributed by atoms with Gasteiger partial charge >= 0.3 is 0 Å². The zero-order valence-electron chi connectivity index (χ0n) is 9.24. The number of hydrogen-bond donors (Lipinski definition) is 2. The van der Waals surface area contributed by atoms with Gasteiger partial charge in [0, 0.05) is 6.54 Å². The van der Waals surface area contributed by atoms with E-state index >= 15 is 0 Å². The molecule has 0 saturated heterocycles. The van der Waals surface area contributed by atoms with Crippen LogP contribution in [0.1, 0.15) is 24.8 Å². The Morgan fingerprint density at radius 3 is 2.88 bits per heavy atom. The highest BCUT2D eigenvalue weighted by Gasteiger charge is 2.23. The molecule has 2 heterocycles. The van der Waals surface area contributed by atoms with Crippen molar-refractivity contribution in [3.8, 4) is 17.1 Å². The molecule has 3 rings (SSSR count). The lowest BCUT2D eigenvalue weighted by molar-refractivity contribution is 0.130. The minimum Gasteiger partial charge on any atom is -0.507 e. The lowest BCUT2D eigenvalue weighted by atomic mass is 10.1. The molecule has 0 bridgehead atoms. The van der Waals surface area contributed by atoms with Crippen LogP contribution in [-0.4, -0.2) is 25.0 Å². The summed E-state index contributed by atoms with van der Waals surface area (Å²) < 4.78 is 1.72. The molecule has 1 atom stereocenters. The molecule has 1 aromatic carbocycles. The fourth-order valence-electron chi connectivity index (χ4n) is 2.11. The van der Waals surface area contributed by atoms with Crippen LogP contribution in [-0.2, 0) is 6.54 Å². The highest BCUT2D eigenvalue weighted by Crippen LogP contribution is 2.29. The number of phenols is 1. The Bertz CT molecular complexity index is 550. The van der Waals surface area contributed by atoms with Gasteiger partial charge in [-0.2, -0.15) is 5.10 Å². The molecule has 1 aromatic heterocycles. The monoisotopic (exact) mass is 231 g/mol. The predicted molar refractivity (Wildman–Crippen MR) is 61.3 cm³/mol. The Balaban J connectivity index is 2.08. The van der Waals surface area contributed by atoms with Crippen molar-refractivity contribution in [2.75, 3.05) is 0 Å². The maximum absolute atomic E-state index is 9.81. The molecule has 1 aliphatic rings. The third-order valence-electron chi connectivity index (χ3n) is 2.99. The van der Waals surface area contributed by atoms with Crippen molar-refractivity contribution in [1.29, 1.82) is 0 Å². The first-order chi connectivity index (χ1) is 8.25. The average Bonchev–Trinajstić information content (AvgIpc) is 2.75. The van der Waals surface area contributed by atoms with Gasteiger partial charge in [0.1, 0.15) is 11.9 Å². The number of aromatic hydroxyl groups is 1. The minimum absolute atomic E-state index is 0.157. The quantitative estimate of drug-likeness (QED) is 0.779. The summed E-state index contributed by atoms with van der Waals surface area (Å²) >= 11 is 0. The Labute approximate surface area is 98.4 Å². The van der Waals surface area contributed by atoms with Gasteiger partial charge < -0.3 is 10.2 Å². The van der Waals surface area contributed by atoms with E-state index in [9.17, 15) is 10.2 Å². The fraction of sp³-hybridized carbons (Fsp3) is 0.333. The Morgan fingerprint density at radius 2 is 2.12 bits per heavy atom. The Hall–Kier alpha value is -1.88. The summed E-state index contributed by atoms with van der Waals surface area (Å²) in [5, 5.41) is 23.9. The highest BCUT2D eigenvalue weighted by molar-refractivity contribution is 5.63. The molecule has 2 aromatic rings. The van der Waals surface area contributed by atoms with Crippen LogP contribution >= 0.6 is 0 Å². The molecular formula is C12H13N3O2. The van der Waals surface area contributed by atoms with Crippen LogP contribution in [0.15, 0.2) is 24.3 Å². The predicted octanol–water partition coefficient (Wildman–Crippen LogP) is 1.48. The number of para-hydroxylation sites is 1. The van der Waals surface area contributed by atoms with Gasteiger partial charge in [-0.25, -0.2) is 9.67 Å². The third-order valence-corrected chi connectivity index (χ3v) is 2.99. The van der Waals surface area contributed by atoms with Crippen LogP contribution in [0.25, 0.3) is 11.4 Å². The average molecular weight is 231 g/mol. The van der Waals surface area contributed by atoms with E-state index in [0.717, 1.165) is 19.4 Å². The molecule has 0 saturated carbocycles. The van der Waals surface area contributed by atoms with E-state index in [1.807, 2.05) is 6.07 Å². The number of rotatable bonds is 1. The second-order valence-electron chi connectivity index (χ2n) is 4.19. The zero-order chi connectivity index (χ0) is 11.8. The van der Waals surface area contributed by atoms with Gasteiger partial charge in [0.05, 0.1) is 5.56 Å². The molecule has 0 spiro atoms. The van der Waals surface area contributed by atoms with E-state index in [1.165, 1.54) is 0 Å². The number of aromatic nitrogens is 3. The lowest BCUT2D eigenvalue weighted by Crippen LogP contribution is -2.16. The summed E-state index contributed by atoms with van der Waals surface area (Å²) in [7, 11) is 0. The summed E-state index contributed by atoms with van der Waals surface area (Å²) in [6, 6.07) is 6.95. The van der Waals surface area contributed by atoms with Crippen molar-refractivity contribution in [1.82, 2.24) is 14.8 Å². The molecule has 0 aliphatic carbocycles. The van der Waals surface area contributed by atoms with Gasteiger partial charge in [0.2, 0.25) is 0 Å². The van der Waals surface area contributed by atoms with Crippen LogP contribution in [0.5, 0.6) is 5.75 Å². The number of hydrogen-bond acceptors (Lipinski definition) is 4. The van der Waals surface area contributed by atoms with Gasteiger partial charge in [0.25, 0.3) is 0 Å². The van der Waals surface area contributed by atoms with Crippen molar-refractivity contribution < 1.29 is 10.2 Å². The van der Waals surface area contributed by atoms with Crippen molar-refractivity contribution in [2.45, 2.75) is 25.5 Å². The standard InChI is InChI=1S/C12H13N3O2/c16-9-5-2-1-4-8(9)11-13-12-10(17)6-3-7-15(12)14-11/h1-2,4-5,10,16-17H,3,6-7H2. The second-order valence-corrected chi connectivity index (χ2v) is 4.19. The van der Waals surface area contributed by atoms with Crippen LogP contribution in [0, 0.1) is 0 Å². The topological polar surface area (TPSA) is 71.2 Å². The molecule has 17 heavy (non-hydrogen) atoms. The fourth-order valence-corrected chi connectivity index (χ4v) is 2.11. The number of nitrogens with zero attached hydrogens (tertiary/aromatic N) is 3. The van der Waals surface area contributed by atoms with E-state index in [-0.39, 0.29) is 5.75 Å².